The van der Waals surface area contributed by atoms with E-state index in [-0.39, 0.29) is 17.9 Å². The summed E-state index contributed by atoms with van der Waals surface area (Å²) in [5.74, 6) is 0.395. The number of nitrogens with one attached hydrogen (secondary N) is 1. The quantitative estimate of drug-likeness (QED) is 0.850. The molecular weight excluding hydrogens is 300 g/mol. The van der Waals surface area contributed by atoms with Crippen molar-refractivity contribution in [3.05, 3.63) is 34.8 Å². The summed E-state index contributed by atoms with van der Waals surface area (Å²) in [4.78, 5) is 11.9. The van der Waals surface area contributed by atoms with Gasteiger partial charge in [-0.15, -0.1) is 10.2 Å². The number of anilines is 1. The highest BCUT2D eigenvalue weighted by Crippen LogP contribution is 2.21. The molecule has 22 heavy (non-hydrogen) atoms. The SMILES string of the molecule is COc1cccc(Cc2nnc(NC(=O)C(C)C(C)N)s2)c1. The van der Waals surface area contributed by atoms with Gasteiger partial charge in [0, 0.05) is 12.5 Å². The zero-order chi connectivity index (χ0) is 16.1. The average molecular weight is 320 g/mol. The van der Waals surface area contributed by atoms with Crippen LogP contribution in [0.1, 0.15) is 24.4 Å². The van der Waals surface area contributed by atoms with E-state index < -0.39 is 0 Å². The first-order chi connectivity index (χ1) is 10.5. The summed E-state index contributed by atoms with van der Waals surface area (Å²) >= 11 is 1.36. The van der Waals surface area contributed by atoms with Crippen LogP contribution in [0.25, 0.3) is 0 Å². The van der Waals surface area contributed by atoms with Gasteiger partial charge >= 0.3 is 0 Å². The number of hydrogen-bond donors (Lipinski definition) is 2. The van der Waals surface area contributed by atoms with Crippen molar-refractivity contribution in [3.63, 3.8) is 0 Å². The second-order valence-corrected chi connectivity index (χ2v) is 6.23. The molecule has 0 radical (unpaired) electrons. The minimum Gasteiger partial charge on any atom is -0.497 e. The lowest BCUT2D eigenvalue weighted by Gasteiger charge is -2.13. The van der Waals surface area contributed by atoms with E-state index in [0.29, 0.717) is 11.6 Å². The summed E-state index contributed by atoms with van der Waals surface area (Å²) in [5.41, 5.74) is 6.80. The number of aromatic nitrogens is 2. The van der Waals surface area contributed by atoms with Gasteiger partial charge in [-0.25, -0.2) is 0 Å². The third kappa shape index (κ3) is 4.25. The third-order valence-electron chi connectivity index (χ3n) is 3.39. The van der Waals surface area contributed by atoms with Crippen molar-refractivity contribution >= 4 is 22.4 Å². The predicted molar refractivity (Wildman–Crippen MR) is 87.2 cm³/mol. The zero-order valence-corrected chi connectivity index (χ0v) is 13.7. The van der Waals surface area contributed by atoms with Gasteiger partial charge in [0.1, 0.15) is 10.8 Å². The van der Waals surface area contributed by atoms with Crippen molar-refractivity contribution in [1.82, 2.24) is 10.2 Å². The normalized spacial score (nSPS) is 13.5. The van der Waals surface area contributed by atoms with Gasteiger partial charge in [-0.1, -0.05) is 30.4 Å². The molecule has 2 rings (SSSR count). The van der Waals surface area contributed by atoms with Gasteiger partial charge in [-0.2, -0.15) is 0 Å². The first-order valence-electron chi connectivity index (χ1n) is 7.01. The van der Waals surface area contributed by atoms with Crippen LogP contribution in [-0.2, 0) is 11.2 Å². The average Bonchev–Trinajstić information content (AvgIpc) is 2.93. The van der Waals surface area contributed by atoms with Crippen molar-refractivity contribution in [2.45, 2.75) is 26.3 Å². The van der Waals surface area contributed by atoms with Crippen LogP contribution >= 0.6 is 11.3 Å². The molecule has 0 aliphatic carbocycles. The lowest BCUT2D eigenvalue weighted by Crippen LogP contribution is -2.34. The Kier molecular flexibility index (Phi) is 5.46. The largest absolute Gasteiger partial charge is 0.497 e. The monoisotopic (exact) mass is 320 g/mol. The van der Waals surface area contributed by atoms with E-state index in [1.54, 1.807) is 21.0 Å². The van der Waals surface area contributed by atoms with Crippen LogP contribution in [0.5, 0.6) is 5.75 Å². The van der Waals surface area contributed by atoms with E-state index in [0.717, 1.165) is 16.3 Å². The maximum Gasteiger partial charge on any atom is 0.230 e. The van der Waals surface area contributed by atoms with Crippen molar-refractivity contribution in [2.24, 2.45) is 11.7 Å². The van der Waals surface area contributed by atoms with Crippen LogP contribution in [-0.4, -0.2) is 29.3 Å². The minimum absolute atomic E-state index is 0.140. The van der Waals surface area contributed by atoms with E-state index >= 15 is 0 Å². The van der Waals surface area contributed by atoms with Crippen molar-refractivity contribution in [1.29, 1.82) is 0 Å². The topological polar surface area (TPSA) is 90.1 Å². The predicted octanol–water partition coefficient (Wildman–Crippen LogP) is 2.06. The zero-order valence-electron chi connectivity index (χ0n) is 12.9. The molecule has 0 saturated heterocycles. The van der Waals surface area contributed by atoms with Gasteiger partial charge in [0.05, 0.1) is 13.0 Å². The summed E-state index contributed by atoms with van der Waals surface area (Å²) in [5, 5.41) is 12.2. The highest BCUT2D eigenvalue weighted by molar-refractivity contribution is 7.15. The number of carbonyl (C=O) groups is 1. The minimum atomic E-state index is -0.272. The lowest BCUT2D eigenvalue weighted by molar-refractivity contribution is -0.119. The van der Waals surface area contributed by atoms with E-state index in [1.165, 1.54) is 11.3 Å². The lowest BCUT2D eigenvalue weighted by atomic mass is 10.0. The maximum atomic E-state index is 11.9. The molecule has 0 bridgehead atoms. The summed E-state index contributed by atoms with van der Waals surface area (Å²) in [7, 11) is 1.64. The molecule has 1 amide bonds. The number of rotatable bonds is 6. The molecule has 6 nitrogen and oxygen atoms in total. The number of ether oxygens (including phenoxy) is 1. The number of nitrogens with two attached hydrogens (primary N) is 1. The van der Waals surface area contributed by atoms with E-state index in [4.69, 9.17) is 10.5 Å². The number of benzene rings is 1. The summed E-state index contributed by atoms with van der Waals surface area (Å²) in [6.45, 7) is 3.59. The molecule has 1 aromatic heterocycles. The van der Waals surface area contributed by atoms with Crippen LogP contribution in [0.3, 0.4) is 0 Å². The second-order valence-electron chi connectivity index (χ2n) is 5.17. The Bertz CT molecular complexity index is 642. The standard InChI is InChI=1S/C15H20N4O2S/c1-9(10(2)16)14(20)17-15-19-18-13(22-15)8-11-5-4-6-12(7-11)21-3/h4-7,9-10H,8,16H2,1-3H3,(H,17,19,20). The summed E-state index contributed by atoms with van der Waals surface area (Å²) in [6, 6.07) is 7.58. The maximum absolute atomic E-state index is 11.9. The molecule has 3 N–H and O–H groups in total. The van der Waals surface area contributed by atoms with Crippen LogP contribution in [0, 0.1) is 5.92 Å². The first kappa shape index (κ1) is 16.4. The molecule has 2 aromatic rings. The number of amides is 1. The van der Waals surface area contributed by atoms with E-state index in [2.05, 4.69) is 15.5 Å². The Labute approximate surface area is 133 Å². The third-order valence-corrected chi connectivity index (χ3v) is 4.23. The molecule has 7 heteroatoms. The summed E-state index contributed by atoms with van der Waals surface area (Å²) < 4.78 is 5.20. The fourth-order valence-electron chi connectivity index (χ4n) is 1.79. The van der Waals surface area contributed by atoms with Crippen LogP contribution < -0.4 is 15.8 Å². The molecule has 0 saturated carbocycles. The Balaban J connectivity index is 2.00. The number of nitrogens with zero attached hydrogens (tertiary/aromatic N) is 2. The van der Waals surface area contributed by atoms with Gasteiger partial charge in [-0.3, -0.25) is 4.79 Å². The van der Waals surface area contributed by atoms with Gasteiger partial charge in [0.2, 0.25) is 11.0 Å². The Morgan fingerprint density at radius 3 is 2.86 bits per heavy atom. The Hall–Kier alpha value is -1.99. The van der Waals surface area contributed by atoms with Gasteiger partial charge in [0.15, 0.2) is 0 Å². The van der Waals surface area contributed by atoms with Crippen LogP contribution in [0.15, 0.2) is 24.3 Å². The fourth-order valence-corrected chi connectivity index (χ4v) is 2.57. The molecular formula is C15H20N4O2S. The molecule has 1 heterocycles. The smallest absolute Gasteiger partial charge is 0.230 e. The fraction of sp³-hybridized carbons (Fsp3) is 0.400. The molecule has 0 aliphatic rings. The Morgan fingerprint density at radius 2 is 2.18 bits per heavy atom. The van der Waals surface area contributed by atoms with E-state index in [9.17, 15) is 4.79 Å². The second kappa shape index (κ2) is 7.33. The first-order valence-corrected chi connectivity index (χ1v) is 7.83. The highest BCUT2D eigenvalue weighted by atomic mass is 32.1. The van der Waals surface area contributed by atoms with Crippen LogP contribution in [0.2, 0.25) is 0 Å². The molecule has 2 atom stereocenters. The highest BCUT2D eigenvalue weighted by Gasteiger charge is 2.18. The number of hydrogen-bond acceptors (Lipinski definition) is 6. The van der Waals surface area contributed by atoms with Crippen LogP contribution in [0.4, 0.5) is 5.13 Å². The van der Waals surface area contributed by atoms with E-state index in [1.807, 2.05) is 24.3 Å². The van der Waals surface area contributed by atoms with Crippen molar-refractivity contribution < 1.29 is 9.53 Å². The summed E-state index contributed by atoms with van der Waals surface area (Å²) in [6.07, 6.45) is 0.646. The van der Waals surface area contributed by atoms with Gasteiger partial charge in [0.25, 0.3) is 0 Å². The molecule has 0 spiro atoms. The molecule has 1 aromatic carbocycles. The molecule has 2 unspecified atom stereocenters. The van der Waals surface area contributed by atoms with Gasteiger partial charge < -0.3 is 15.8 Å². The number of carbonyl (C=O) groups excluding carboxylic acids is 1. The van der Waals surface area contributed by atoms with Crippen molar-refractivity contribution in [3.8, 4) is 5.75 Å². The molecule has 0 aliphatic heterocycles. The van der Waals surface area contributed by atoms with Crippen molar-refractivity contribution in [2.75, 3.05) is 12.4 Å². The Morgan fingerprint density at radius 1 is 1.41 bits per heavy atom. The molecule has 0 fully saturated rings. The van der Waals surface area contributed by atoms with Gasteiger partial charge in [-0.05, 0) is 24.6 Å². The number of methoxy groups -OCH3 is 1. The molecule has 118 valence electrons.